The molecule has 2 aromatic heterocycles. The lowest BCUT2D eigenvalue weighted by Crippen LogP contribution is -2.43. The Hall–Kier alpha value is -3.45. The lowest BCUT2D eigenvalue weighted by atomic mass is 10.00. The third kappa shape index (κ3) is 4.68. The third-order valence-corrected chi connectivity index (χ3v) is 6.80. The van der Waals surface area contributed by atoms with Gasteiger partial charge < -0.3 is 5.32 Å². The van der Waals surface area contributed by atoms with Gasteiger partial charge in [-0.1, -0.05) is 47.5 Å². The first-order valence-electron chi connectivity index (χ1n) is 10.8. The van der Waals surface area contributed by atoms with Crippen molar-refractivity contribution >= 4 is 27.5 Å². The Bertz CT molecular complexity index is 1440. The zero-order chi connectivity index (χ0) is 23.7. The van der Waals surface area contributed by atoms with Crippen LogP contribution >= 0.6 is 11.3 Å². The molecule has 2 heterocycles. The monoisotopic (exact) mass is 461 g/mol. The van der Waals surface area contributed by atoms with Crippen molar-refractivity contribution in [2.75, 3.05) is 0 Å². The standard InChI is InChI=1S/C26H27N3O3S/c1-16-5-7-20(8-6-16)13-27-23(30)15-29-25(31)24-22(9-10-33-24)28(26(29)32)14-21-18(3)11-17(2)12-19(21)4/h5-12H,13-15H2,1-4H3,(H,27,30). The van der Waals surface area contributed by atoms with Crippen LogP contribution < -0.4 is 16.6 Å². The Balaban J connectivity index is 1.67. The van der Waals surface area contributed by atoms with Crippen LogP contribution in [0.1, 0.15) is 33.4 Å². The van der Waals surface area contributed by atoms with Gasteiger partial charge in [0.1, 0.15) is 11.2 Å². The summed E-state index contributed by atoms with van der Waals surface area (Å²) in [5.74, 6) is -0.375. The smallest absolute Gasteiger partial charge is 0.332 e. The summed E-state index contributed by atoms with van der Waals surface area (Å²) in [6, 6.07) is 13.8. The van der Waals surface area contributed by atoms with Gasteiger partial charge in [-0.15, -0.1) is 11.3 Å². The molecule has 170 valence electrons. The van der Waals surface area contributed by atoms with E-state index >= 15 is 0 Å². The molecule has 6 nitrogen and oxygen atoms in total. The third-order valence-electron chi connectivity index (χ3n) is 5.91. The maximum absolute atomic E-state index is 13.4. The average molecular weight is 462 g/mol. The quantitative estimate of drug-likeness (QED) is 0.474. The predicted molar refractivity (Wildman–Crippen MR) is 133 cm³/mol. The Morgan fingerprint density at radius 3 is 2.24 bits per heavy atom. The summed E-state index contributed by atoms with van der Waals surface area (Å²) in [7, 11) is 0. The molecule has 0 unspecified atom stereocenters. The number of benzene rings is 2. The zero-order valence-electron chi connectivity index (χ0n) is 19.3. The molecule has 7 heteroatoms. The van der Waals surface area contributed by atoms with Gasteiger partial charge >= 0.3 is 5.69 Å². The molecule has 0 saturated heterocycles. The van der Waals surface area contributed by atoms with Crippen LogP contribution in [0.5, 0.6) is 0 Å². The molecule has 4 rings (SSSR count). The van der Waals surface area contributed by atoms with Crippen molar-refractivity contribution in [1.29, 1.82) is 0 Å². The molecule has 1 amide bonds. The lowest BCUT2D eigenvalue weighted by molar-refractivity contribution is -0.121. The van der Waals surface area contributed by atoms with Crippen molar-refractivity contribution in [1.82, 2.24) is 14.5 Å². The van der Waals surface area contributed by atoms with E-state index in [9.17, 15) is 14.4 Å². The number of carbonyl (C=O) groups excluding carboxylic acids is 1. The Labute approximate surface area is 196 Å². The summed E-state index contributed by atoms with van der Waals surface area (Å²) in [4.78, 5) is 39.0. The second kappa shape index (κ2) is 9.19. The number of hydrogen-bond acceptors (Lipinski definition) is 4. The number of nitrogens with zero attached hydrogens (tertiary/aromatic N) is 2. The molecule has 0 aliphatic rings. The normalized spacial score (nSPS) is 11.2. The summed E-state index contributed by atoms with van der Waals surface area (Å²) in [6.45, 7) is 8.46. The maximum Gasteiger partial charge on any atom is 0.332 e. The van der Waals surface area contributed by atoms with Gasteiger partial charge in [-0.25, -0.2) is 9.36 Å². The van der Waals surface area contributed by atoms with E-state index in [-0.39, 0.29) is 12.5 Å². The fraction of sp³-hybridized carbons (Fsp3) is 0.269. The number of carbonyl (C=O) groups is 1. The number of fused-ring (bicyclic) bond motifs is 1. The second-order valence-electron chi connectivity index (χ2n) is 8.53. The van der Waals surface area contributed by atoms with Gasteiger partial charge in [-0.05, 0) is 61.4 Å². The van der Waals surface area contributed by atoms with Gasteiger partial charge in [0.2, 0.25) is 5.91 Å². The SMILES string of the molecule is Cc1ccc(CNC(=O)Cn2c(=O)c3sccc3n(Cc3c(C)cc(C)cc3C)c2=O)cc1. The molecule has 0 radical (unpaired) electrons. The van der Waals surface area contributed by atoms with Crippen molar-refractivity contribution in [2.24, 2.45) is 0 Å². The van der Waals surface area contributed by atoms with Crippen molar-refractivity contribution in [3.05, 3.63) is 102 Å². The molecule has 0 aliphatic heterocycles. The maximum atomic E-state index is 13.4. The van der Waals surface area contributed by atoms with Crippen LogP contribution in [0.2, 0.25) is 0 Å². The van der Waals surface area contributed by atoms with Crippen LogP contribution in [-0.4, -0.2) is 15.0 Å². The predicted octanol–water partition coefficient (Wildman–Crippen LogP) is 3.82. The topological polar surface area (TPSA) is 73.1 Å². The largest absolute Gasteiger partial charge is 0.350 e. The van der Waals surface area contributed by atoms with Crippen LogP contribution in [0, 0.1) is 27.7 Å². The number of hydrogen-bond donors (Lipinski definition) is 1. The fourth-order valence-electron chi connectivity index (χ4n) is 4.15. The van der Waals surface area contributed by atoms with Crippen LogP contribution in [-0.2, 0) is 24.4 Å². The molecule has 33 heavy (non-hydrogen) atoms. The molecule has 1 N–H and O–H groups in total. The molecular formula is C26H27N3O3S. The molecule has 0 spiro atoms. The summed E-state index contributed by atoms with van der Waals surface area (Å²) in [6.07, 6.45) is 0. The van der Waals surface area contributed by atoms with Crippen LogP contribution in [0.3, 0.4) is 0 Å². The van der Waals surface area contributed by atoms with Gasteiger partial charge in [0.25, 0.3) is 5.56 Å². The van der Waals surface area contributed by atoms with Crippen molar-refractivity contribution in [3.8, 4) is 0 Å². The number of nitrogens with one attached hydrogen (secondary N) is 1. The van der Waals surface area contributed by atoms with E-state index in [1.54, 1.807) is 16.0 Å². The summed E-state index contributed by atoms with van der Waals surface area (Å²) < 4.78 is 3.12. The Kier molecular flexibility index (Phi) is 6.33. The van der Waals surface area contributed by atoms with E-state index in [4.69, 9.17) is 0 Å². The van der Waals surface area contributed by atoms with Crippen LogP contribution in [0.4, 0.5) is 0 Å². The van der Waals surface area contributed by atoms with E-state index < -0.39 is 11.2 Å². The van der Waals surface area contributed by atoms with Crippen molar-refractivity contribution < 1.29 is 4.79 Å². The van der Waals surface area contributed by atoms with E-state index in [1.807, 2.05) is 52.0 Å². The molecule has 0 fully saturated rings. The van der Waals surface area contributed by atoms with Crippen LogP contribution in [0.15, 0.2) is 57.4 Å². The summed E-state index contributed by atoms with van der Waals surface area (Å²) in [5, 5.41) is 4.62. The first-order chi connectivity index (χ1) is 15.7. The second-order valence-corrected chi connectivity index (χ2v) is 9.45. The number of rotatable bonds is 6. The highest BCUT2D eigenvalue weighted by Crippen LogP contribution is 2.20. The molecule has 0 aliphatic carbocycles. The minimum Gasteiger partial charge on any atom is -0.350 e. The average Bonchev–Trinajstić information content (AvgIpc) is 3.25. The molecule has 0 saturated carbocycles. The summed E-state index contributed by atoms with van der Waals surface area (Å²) in [5.41, 5.74) is 6.19. The van der Waals surface area contributed by atoms with Gasteiger partial charge in [0, 0.05) is 6.54 Å². The highest BCUT2D eigenvalue weighted by molar-refractivity contribution is 7.17. The van der Waals surface area contributed by atoms with Crippen LogP contribution in [0.25, 0.3) is 10.2 Å². The molecule has 2 aromatic carbocycles. The van der Waals surface area contributed by atoms with Gasteiger partial charge in [-0.3, -0.25) is 14.2 Å². The first kappa shape index (κ1) is 22.7. The van der Waals surface area contributed by atoms with E-state index in [0.717, 1.165) is 37.9 Å². The molecule has 0 atom stereocenters. The molecular weight excluding hydrogens is 434 g/mol. The Morgan fingerprint density at radius 1 is 0.909 bits per heavy atom. The number of aryl methyl sites for hydroxylation is 4. The fourth-order valence-corrected chi connectivity index (χ4v) is 4.99. The zero-order valence-corrected chi connectivity index (χ0v) is 20.1. The van der Waals surface area contributed by atoms with E-state index in [1.165, 1.54) is 11.3 Å². The number of aromatic nitrogens is 2. The van der Waals surface area contributed by atoms with E-state index in [0.29, 0.717) is 23.3 Å². The summed E-state index contributed by atoms with van der Waals surface area (Å²) >= 11 is 1.29. The minimum atomic E-state index is -0.476. The van der Waals surface area contributed by atoms with Gasteiger partial charge in [-0.2, -0.15) is 0 Å². The Morgan fingerprint density at radius 2 is 1.58 bits per heavy atom. The molecule has 0 bridgehead atoms. The molecule has 4 aromatic rings. The van der Waals surface area contributed by atoms with Crippen molar-refractivity contribution in [2.45, 2.75) is 47.3 Å². The lowest BCUT2D eigenvalue weighted by Gasteiger charge is -2.16. The van der Waals surface area contributed by atoms with Gasteiger partial charge in [0.05, 0.1) is 12.1 Å². The first-order valence-corrected chi connectivity index (χ1v) is 11.7. The van der Waals surface area contributed by atoms with E-state index in [2.05, 4.69) is 17.4 Å². The minimum absolute atomic E-state index is 0.316. The highest BCUT2D eigenvalue weighted by Gasteiger charge is 2.18. The van der Waals surface area contributed by atoms with Gasteiger partial charge in [0.15, 0.2) is 0 Å². The van der Waals surface area contributed by atoms with Crippen molar-refractivity contribution in [3.63, 3.8) is 0 Å². The number of amides is 1. The highest BCUT2D eigenvalue weighted by atomic mass is 32.1. The number of thiophene rings is 1.